The number of aromatic nitrogens is 4. The molecule has 0 amide bonds. The molecule has 0 N–H and O–H groups in total. The Balaban J connectivity index is 2.48. The highest BCUT2D eigenvalue weighted by molar-refractivity contribution is 5.68. The Morgan fingerprint density at radius 2 is 2.33 bits per heavy atom. The van der Waals surface area contributed by atoms with Crippen molar-refractivity contribution in [2.24, 2.45) is 0 Å². The molecule has 0 saturated heterocycles. The molecule has 0 atom stereocenters. The summed E-state index contributed by atoms with van der Waals surface area (Å²) in [6.45, 7) is -0.197. The van der Waals surface area contributed by atoms with Gasteiger partial charge in [0.05, 0.1) is 13.3 Å². The third-order valence-corrected chi connectivity index (χ3v) is 1.93. The number of nitrogens with zero attached hydrogens (tertiary/aromatic N) is 4. The number of ether oxygens (including phenoxy) is 1. The molecule has 15 heavy (non-hydrogen) atoms. The van der Waals surface area contributed by atoms with Gasteiger partial charge in [-0.3, -0.25) is 9.59 Å². The summed E-state index contributed by atoms with van der Waals surface area (Å²) in [5.74, 6) is -0.520. The Hall–Kier alpha value is -2.18. The van der Waals surface area contributed by atoms with Crippen molar-refractivity contribution in [3.05, 3.63) is 28.9 Å². The molecule has 2 heterocycles. The maximum Gasteiger partial charge on any atom is 0.327 e. The van der Waals surface area contributed by atoms with Crippen LogP contribution in [0.2, 0.25) is 0 Å². The van der Waals surface area contributed by atoms with Gasteiger partial charge in [-0.15, -0.1) is 0 Å². The highest BCUT2D eigenvalue weighted by Gasteiger charge is 2.08. The second-order valence-electron chi connectivity index (χ2n) is 2.83. The lowest BCUT2D eigenvalue weighted by molar-refractivity contribution is -0.141. The molecule has 0 aliphatic rings. The predicted molar refractivity (Wildman–Crippen MR) is 49.3 cm³/mol. The van der Waals surface area contributed by atoms with Crippen LogP contribution in [0.5, 0.6) is 0 Å². The lowest BCUT2D eigenvalue weighted by Crippen LogP contribution is -2.28. The molecule has 0 fully saturated rings. The molecule has 2 rings (SSSR count). The zero-order valence-electron chi connectivity index (χ0n) is 7.95. The van der Waals surface area contributed by atoms with Gasteiger partial charge in [0.1, 0.15) is 18.4 Å². The minimum absolute atomic E-state index is 0.197. The molecule has 0 bridgehead atoms. The molecule has 78 valence electrons. The van der Waals surface area contributed by atoms with Crippen molar-refractivity contribution < 1.29 is 9.53 Å². The molecule has 0 saturated carbocycles. The molecule has 7 heteroatoms. The van der Waals surface area contributed by atoms with Crippen LogP contribution in [0, 0.1) is 0 Å². The first kappa shape index (κ1) is 9.38. The van der Waals surface area contributed by atoms with Gasteiger partial charge in [0.2, 0.25) is 0 Å². The first-order valence-electron chi connectivity index (χ1n) is 4.18. The fourth-order valence-corrected chi connectivity index (χ4v) is 1.17. The fourth-order valence-electron chi connectivity index (χ4n) is 1.17. The number of fused-ring (bicyclic) bond motifs is 1. The van der Waals surface area contributed by atoms with Crippen LogP contribution >= 0.6 is 0 Å². The average molecular weight is 208 g/mol. The van der Waals surface area contributed by atoms with Crippen molar-refractivity contribution in [1.82, 2.24) is 19.4 Å². The Morgan fingerprint density at radius 3 is 3.07 bits per heavy atom. The van der Waals surface area contributed by atoms with Crippen molar-refractivity contribution in [2.45, 2.75) is 6.54 Å². The van der Waals surface area contributed by atoms with E-state index < -0.39 is 5.97 Å². The van der Waals surface area contributed by atoms with Crippen LogP contribution in [-0.4, -0.2) is 32.5 Å². The van der Waals surface area contributed by atoms with Crippen molar-refractivity contribution >= 4 is 11.5 Å². The SMILES string of the molecule is COC(=O)Cn1ncn2nccc2c1=O. The Bertz CT molecular complexity index is 556. The lowest BCUT2D eigenvalue weighted by atomic mass is 10.5. The predicted octanol–water partition coefficient (Wildman–Crippen LogP) is -0.936. The summed E-state index contributed by atoms with van der Waals surface area (Å²) in [4.78, 5) is 22.6. The standard InChI is InChI=1S/C8H8N4O3/c1-15-7(13)4-11-8(14)6-2-3-9-12(6)5-10-11/h2-3,5H,4H2,1H3. The molecular weight excluding hydrogens is 200 g/mol. The fraction of sp³-hybridized carbons (Fsp3) is 0.250. The molecule has 0 aliphatic carbocycles. The molecule has 7 nitrogen and oxygen atoms in total. The van der Waals surface area contributed by atoms with E-state index in [1.807, 2.05) is 0 Å². The van der Waals surface area contributed by atoms with Gasteiger partial charge in [0, 0.05) is 0 Å². The summed E-state index contributed by atoms with van der Waals surface area (Å²) in [6.07, 6.45) is 2.85. The van der Waals surface area contributed by atoms with E-state index in [9.17, 15) is 9.59 Å². The highest BCUT2D eigenvalue weighted by Crippen LogP contribution is 1.92. The average Bonchev–Trinajstić information content (AvgIpc) is 2.70. The molecule has 0 radical (unpaired) electrons. The molecular formula is C8H8N4O3. The molecule has 2 aromatic rings. The smallest absolute Gasteiger partial charge is 0.327 e. The zero-order valence-corrected chi connectivity index (χ0v) is 7.95. The van der Waals surface area contributed by atoms with Gasteiger partial charge < -0.3 is 4.74 Å². The Labute approximate surface area is 83.9 Å². The van der Waals surface area contributed by atoms with E-state index in [-0.39, 0.29) is 12.1 Å². The topological polar surface area (TPSA) is 78.5 Å². The van der Waals surface area contributed by atoms with E-state index >= 15 is 0 Å². The number of methoxy groups -OCH3 is 1. The van der Waals surface area contributed by atoms with Crippen molar-refractivity contribution in [2.75, 3.05) is 7.11 Å². The van der Waals surface area contributed by atoms with Crippen LogP contribution in [-0.2, 0) is 16.1 Å². The number of hydrogen-bond donors (Lipinski definition) is 0. The quantitative estimate of drug-likeness (QED) is 0.595. The van der Waals surface area contributed by atoms with Gasteiger partial charge in [-0.25, -0.2) is 9.20 Å². The van der Waals surface area contributed by atoms with Crippen molar-refractivity contribution in [3.8, 4) is 0 Å². The van der Waals surface area contributed by atoms with Crippen LogP contribution < -0.4 is 5.56 Å². The number of hydrogen-bond acceptors (Lipinski definition) is 5. The lowest BCUT2D eigenvalue weighted by Gasteiger charge is -2.02. The van der Waals surface area contributed by atoms with E-state index in [1.54, 1.807) is 6.07 Å². The maximum absolute atomic E-state index is 11.7. The third kappa shape index (κ3) is 1.58. The van der Waals surface area contributed by atoms with Gasteiger partial charge in [-0.05, 0) is 6.07 Å². The Kier molecular flexibility index (Phi) is 2.20. The summed E-state index contributed by atoms with van der Waals surface area (Å²) in [7, 11) is 1.25. The van der Waals surface area contributed by atoms with E-state index in [4.69, 9.17) is 0 Å². The van der Waals surface area contributed by atoms with Crippen LogP contribution in [0.4, 0.5) is 0 Å². The van der Waals surface area contributed by atoms with Gasteiger partial charge in [-0.1, -0.05) is 0 Å². The Morgan fingerprint density at radius 1 is 1.53 bits per heavy atom. The van der Waals surface area contributed by atoms with Gasteiger partial charge in [0.25, 0.3) is 5.56 Å². The first-order chi connectivity index (χ1) is 7.22. The first-order valence-corrected chi connectivity index (χ1v) is 4.18. The van der Waals surface area contributed by atoms with Crippen LogP contribution in [0.3, 0.4) is 0 Å². The minimum atomic E-state index is -0.520. The van der Waals surface area contributed by atoms with Gasteiger partial charge in [0.15, 0.2) is 0 Å². The van der Waals surface area contributed by atoms with Crippen LogP contribution in [0.15, 0.2) is 23.4 Å². The van der Waals surface area contributed by atoms with Gasteiger partial charge >= 0.3 is 5.97 Å². The van der Waals surface area contributed by atoms with E-state index in [0.717, 1.165) is 4.68 Å². The normalized spacial score (nSPS) is 10.5. The summed E-state index contributed by atoms with van der Waals surface area (Å²) in [5.41, 5.74) is -0.00527. The van der Waals surface area contributed by atoms with Crippen LogP contribution in [0.25, 0.3) is 5.52 Å². The second kappa shape index (κ2) is 3.52. The molecule has 0 aliphatic heterocycles. The van der Waals surface area contributed by atoms with Crippen LogP contribution in [0.1, 0.15) is 0 Å². The summed E-state index contributed by atoms with van der Waals surface area (Å²) < 4.78 is 6.82. The van der Waals surface area contributed by atoms with E-state index in [0.29, 0.717) is 5.52 Å². The van der Waals surface area contributed by atoms with E-state index in [2.05, 4.69) is 14.9 Å². The summed E-state index contributed by atoms with van der Waals surface area (Å²) in [6, 6.07) is 1.55. The highest BCUT2D eigenvalue weighted by atomic mass is 16.5. The monoisotopic (exact) mass is 208 g/mol. The summed E-state index contributed by atoms with van der Waals surface area (Å²) >= 11 is 0. The summed E-state index contributed by atoms with van der Waals surface area (Å²) in [5, 5.41) is 7.61. The molecule has 0 aromatic carbocycles. The second-order valence-corrected chi connectivity index (χ2v) is 2.83. The number of carbonyl (C=O) groups is 1. The third-order valence-electron chi connectivity index (χ3n) is 1.93. The molecule has 0 spiro atoms. The molecule has 2 aromatic heterocycles. The number of rotatable bonds is 2. The zero-order chi connectivity index (χ0) is 10.8. The molecule has 0 unspecified atom stereocenters. The minimum Gasteiger partial charge on any atom is -0.468 e. The number of esters is 1. The largest absolute Gasteiger partial charge is 0.468 e. The van der Waals surface area contributed by atoms with Crippen molar-refractivity contribution in [3.63, 3.8) is 0 Å². The van der Waals surface area contributed by atoms with Crippen molar-refractivity contribution in [1.29, 1.82) is 0 Å². The van der Waals surface area contributed by atoms with E-state index in [1.165, 1.54) is 24.1 Å². The maximum atomic E-state index is 11.7. The van der Waals surface area contributed by atoms with Gasteiger partial charge in [-0.2, -0.15) is 10.2 Å². The number of carbonyl (C=O) groups excluding carboxylic acids is 1.